The summed E-state index contributed by atoms with van der Waals surface area (Å²) in [7, 11) is 1.90. The number of carbonyl (C=O) groups excluding carboxylic acids is 1. The zero-order valence-electron chi connectivity index (χ0n) is 13.2. The van der Waals surface area contributed by atoms with E-state index in [1.165, 1.54) is 16.6 Å². The van der Waals surface area contributed by atoms with Crippen LogP contribution in [0.15, 0.2) is 40.9 Å². The van der Waals surface area contributed by atoms with Crippen LogP contribution in [0.4, 0.5) is 5.69 Å². The average molecular weight is 413 g/mol. The van der Waals surface area contributed by atoms with Crippen molar-refractivity contribution in [1.29, 1.82) is 0 Å². The van der Waals surface area contributed by atoms with E-state index < -0.39 is 0 Å². The topological polar surface area (TPSA) is 59.8 Å². The Kier molecular flexibility index (Phi) is 6.01. The maximum atomic E-state index is 12.1. The van der Waals surface area contributed by atoms with E-state index in [1.54, 1.807) is 29.5 Å². The number of thioether (sulfide) groups is 1. The predicted octanol–water partition coefficient (Wildman–Crippen LogP) is 4.51. The van der Waals surface area contributed by atoms with Crippen molar-refractivity contribution in [3.05, 3.63) is 56.5 Å². The molecule has 0 fully saturated rings. The summed E-state index contributed by atoms with van der Waals surface area (Å²) in [4.78, 5) is 13.3. The normalized spacial score (nSPS) is 10.8. The number of hydrogen-bond acceptors (Lipinski definition) is 5. The first-order valence-electron chi connectivity index (χ1n) is 7.30. The molecule has 0 aliphatic heterocycles. The van der Waals surface area contributed by atoms with E-state index in [9.17, 15) is 4.79 Å². The summed E-state index contributed by atoms with van der Waals surface area (Å²) in [6.45, 7) is 0. The Balaban J connectivity index is 1.58. The highest BCUT2D eigenvalue weighted by Gasteiger charge is 2.12. The highest BCUT2D eigenvalue weighted by molar-refractivity contribution is 7.99. The molecule has 2 aromatic heterocycles. The van der Waals surface area contributed by atoms with Gasteiger partial charge in [-0.25, -0.2) is 0 Å². The van der Waals surface area contributed by atoms with Crippen molar-refractivity contribution in [1.82, 2.24) is 14.8 Å². The van der Waals surface area contributed by atoms with E-state index >= 15 is 0 Å². The molecule has 0 saturated carbocycles. The van der Waals surface area contributed by atoms with Crippen molar-refractivity contribution in [2.45, 2.75) is 11.6 Å². The van der Waals surface area contributed by atoms with Crippen molar-refractivity contribution < 1.29 is 4.79 Å². The molecule has 1 N–H and O–H groups in total. The summed E-state index contributed by atoms with van der Waals surface area (Å²) in [5.74, 6) is 0.924. The lowest BCUT2D eigenvalue weighted by Gasteiger charge is -2.06. The maximum Gasteiger partial charge on any atom is 0.234 e. The molecule has 130 valence electrons. The third-order valence-corrected chi connectivity index (χ3v) is 5.65. The van der Waals surface area contributed by atoms with Crippen LogP contribution in [0.25, 0.3) is 0 Å². The third-order valence-electron chi connectivity index (χ3n) is 3.32. The van der Waals surface area contributed by atoms with Gasteiger partial charge in [0.15, 0.2) is 5.16 Å². The second kappa shape index (κ2) is 8.23. The zero-order chi connectivity index (χ0) is 17.8. The van der Waals surface area contributed by atoms with Crippen molar-refractivity contribution in [2.75, 3.05) is 11.1 Å². The minimum atomic E-state index is -0.161. The lowest BCUT2D eigenvalue weighted by molar-refractivity contribution is -0.113. The first-order valence-corrected chi connectivity index (χ1v) is 9.93. The average Bonchev–Trinajstić information content (AvgIpc) is 3.16. The largest absolute Gasteiger partial charge is 0.325 e. The van der Waals surface area contributed by atoms with Crippen molar-refractivity contribution in [2.24, 2.45) is 7.05 Å². The van der Waals surface area contributed by atoms with Gasteiger partial charge in [0.1, 0.15) is 5.82 Å². The molecular formula is C16H14Cl2N4OS2. The van der Waals surface area contributed by atoms with E-state index in [-0.39, 0.29) is 11.7 Å². The first-order chi connectivity index (χ1) is 12.0. The van der Waals surface area contributed by atoms with Gasteiger partial charge in [0.05, 0.1) is 5.75 Å². The molecule has 0 saturated heterocycles. The number of nitrogens with one attached hydrogen (secondary N) is 1. The van der Waals surface area contributed by atoms with Gasteiger partial charge in [0, 0.05) is 34.1 Å². The van der Waals surface area contributed by atoms with E-state index in [4.69, 9.17) is 23.2 Å². The Morgan fingerprint density at radius 3 is 2.72 bits per heavy atom. The smallest absolute Gasteiger partial charge is 0.234 e. The van der Waals surface area contributed by atoms with Gasteiger partial charge in [-0.15, -0.1) is 21.5 Å². The van der Waals surface area contributed by atoms with Gasteiger partial charge < -0.3 is 9.88 Å². The van der Waals surface area contributed by atoms with Crippen LogP contribution in [0.5, 0.6) is 0 Å². The summed E-state index contributed by atoms with van der Waals surface area (Å²) in [5.41, 5.74) is 0.569. The number of thiophene rings is 1. The molecule has 0 radical (unpaired) electrons. The van der Waals surface area contributed by atoms with Crippen molar-refractivity contribution in [3.63, 3.8) is 0 Å². The monoisotopic (exact) mass is 412 g/mol. The summed E-state index contributed by atoms with van der Waals surface area (Å²) in [6, 6.07) is 8.99. The third kappa shape index (κ3) is 4.98. The molecule has 0 atom stereocenters. The van der Waals surface area contributed by atoms with Crippen LogP contribution in [0.3, 0.4) is 0 Å². The standard InChI is InChI=1S/C16H14Cl2N4OS2/c1-22-14(8-13-3-2-4-24-13)20-21-16(22)25-9-15(23)19-12-6-10(17)5-11(18)7-12/h2-7H,8-9H2,1H3,(H,19,23). The molecule has 3 rings (SSSR count). The Labute approximate surface area is 163 Å². The van der Waals surface area contributed by atoms with Gasteiger partial charge in [0.25, 0.3) is 0 Å². The van der Waals surface area contributed by atoms with E-state index in [2.05, 4.69) is 21.6 Å². The molecule has 2 heterocycles. The van der Waals surface area contributed by atoms with Gasteiger partial charge in [-0.05, 0) is 29.6 Å². The second-order valence-corrected chi connectivity index (χ2v) is 8.06. The number of carbonyl (C=O) groups is 1. The van der Waals surface area contributed by atoms with E-state index in [0.717, 1.165) is 12.2 Å². The number of amides is 1. The minimum absolute atomic E-state index is 0.161. The van der Waals surface area contributed by atoms with E-state index in [0.29, 0.717) is 20.9 Å². The number of halogens is 2. The van der Waals surface area contributed by atoms with Gasteiger partial charge in [0.2, 0.25) is 5.91 Å². The van der Waals surface area contributed by atoms with Crippen LogP contribution in [0.2, 0.25) is 10.0 Å². The van der Waals surface area contributed by atoms with Crippen LogP contribution in [-0.4, -0.2) is 26.4 Å². The number of hydrogen-bond donors (Lipinski definition) is 1. The van der Waals surface area contributed by atoms with Gasteiger partial charge >= 0.3 is 0 Å². The van der Waals surface area contributed by atoms with Gasteiger partial charge in [-0.2, -0.15) is 0 Å². The van der Waals surface area contributed by atoms with Crippen molar-refractivity contribution in [3.8, 4) is 0 Å². The fraction of sp³-hybridized carbons (Fsp3) is 0.188. The Morgan fingerprint density at radius 2 is 2.04 bits per heavy atom. The minimum Gasteiger partial charge on any atom is -0.325 e. The zero-order valence-corrected chi connectivity index (χ0v) is 16.3. The molecule has 25 heavy (non-hydrogen) atoms. The SMILES string of the molecule is Cn1c(Cc2cccs2)nnc1SCC(=O)Nc1cc(Cl)cc(Cl)c1. The lowest BCUT2D eigenvalue weighted by atomic mass is 10.3. The quantitative estimate of drug-likeness (QED) is 0.605. The lowest BCUT2D eigenvalue weighted by Crippen LogP contribution is -2.14. The number of anilines is 1. The molecular weight excluding hydrogens is 399 g/mol. The molecule has 1 aromatic carbocycles. The number of nitrogens with zero attached hydrogens (tertiary/aromatic N) is 3. The van der Waals surface area contributed by atoms with E-state index in [1.807, 2.05) is 23.1 Å². The molecule has 0 unspecified atom stereocenters. The fourth-order valence-electron chi connectivity index (χ4n) is 2.15. The first kappa shape index (κ1) is 18.3. The number of benzene rings is 1. The molecule has 0 aliphatic carbocycles. The molecule has 0 bridgehead atoms. The fourth-order valence-corrected chi connectivity index (χ4v) is 4.10. The maximum absolute atomic E-state index is 12.1. The van der Waals surface area contributed by atoms with Gasteiger partial charge in [-0.3, -0.25) is 4.79 Å². The summed E-state index contributed by atoms with van der Waals surface area (Å²) >= 11 is 14.9. The Morgan fingerprint density at radius 1 is 1.28 bits per heavy atom. The Bertz CT molecular complexity index is 860. The number of aromatic nitrogens is 3. The van der Waals surface area contributed by atoms with Crippen LogP contribution >= 0.6 is 46.3 Å². The van der Waals surface area contributed by atoms with Crippen LogP contribution < -0.4 is 5.32 Å². The molecule has 3 aromatic rings. The number of rotatable bonds is 6. The summed E-state index contributed by atoms with van der Waals surface area (Å²) in [6.07, 6.45) is 0.731. The Hall–Kier alpha value is -1.54. The molecule has 0 spiro atoms. The van der Waals surface area contributed by atoms with Crippen LogP contribution in [0.1, 0.15) is 10.7 Å². The second-order valence-electron chi connectivity index (χ2n) is 5.21. The summed E-state index contributed by atoms with van der Waals surface area (Å²) in [5, 5.41) is 14.8. The molecule has 9 heteroatoms. The molecule has 5 nitrogen and oxygen atoms in total. The van der Waals surface area contributed by atoms with Gasteiger partial charge in [-0.1, -0.05) is 41.0 Å². The molecule has 0 aliphatic rings. The van der Waals surface area contributed by atoms with Crippen molar-refractivity contribution >= 4 is 57.9 Å². The highest BCUT2D eigenvalue weighted by Crippen LogP contribution is 2.23. The summed E-state index contributed by atoms with van der Waals surface area (Å²) < 4.78 is 1.91. The predicted molar refractivity (Wildman–Crippen MR) is 104 cm³/mol. The molecule has 1 amide bonds. The highest BCUT2D eigenvalue weighted by atomic mass is 35.5. The van der Waals surface area contributed by atoms with Crippen LogP contribution in [0, 0.1) is 0 Å². The van der Waals surface area contributed by atoms with Crippen LogP contribution in [-0.2, 0) is 18.3 Å².